The van der Waals surface area contributed by atoms with Gasteiger partial charge < -0.3 is 9.52 Å². The number of hydrogen-bond acceptors (Lipinski definition) is 3. The highest BCUT2D eigenvalue weighted by Gasteiger charge is 2.14. The minimum Gasteiger partial charge on any atom is -0.507 e. The summed E-state index contributed by atoms with van der Waals surface area (Å²) in [5.74, 6) is 0.181. The molecule has 2 aromatic rings. The van der Waals surface area contributed by atoms with Gasteiger partial charge >= 0.3 is 5.63 Å². The summed E-state index contributed by atoms with van der Waals surface area (Å²) in [7, 11) is 0. The molecule has 0 aliphatic heterocycles. The molecule has 17 heavy (non-hydrogen) atoms. The SMILES string of the molecule is CCCc1c(CC)c2c(O)cccc2oc1=O. The number of benzene rings is 1. The summed E-state index contributed by atoms with van der Waals surface area (Å²) in [5.41, 5.74) is 1.80. The second kappa shape index (κ2) is 4.62. The van der Waals surface area contributed by atoms with E-state index in [1.54, 1.807) is 18.2 Å². The first-order valence-electron chi connectivity index (χ1n) is 5.95. The van der Waals surface area contributed by atoms with Crippen molar-refractivity contribution in [3.8, 4) is 5.75 Å². The van der Waals surface area contributed by atoms with Crippen molar-refractivity contribution in [1.29, 1.82) is 0 Å². The molecule has 3 heteroatoms. The first-order valence-corrected chi connectivity index (χ1v) is 5.95. The standard InChI is InChI=1S/C14H16O3/c1-3-6-10-9(4-2)13-11(15)7-5-8-12(13)17-14(10)16/h5,7-8,15H,3-4,6H2,1-2H3. The molecule has 0 saturated carbocycles. The molecule has 0 spiro atoms. The predicted octanol–water partition coefficient (Wildman–Crippen LogP) is 3.01. The normalized spacial score (nSPS) is 10.9. The third-order valence-corrected chi connectivity index (χ3v) is 2.97. The number of fused-ring (bicyclic) bond motifs is 1. The number of rotatable bonds is 3. The Labute approximate surface area is 99.7 Å². The van der Waals surface area contributed by atoms with Crippen molar-refractivity contribution >= 4 is 11.0 Å². The fourth-order valence-corrected chi connectivity index (χ4v) is 2.24. The van der Waals surface area contributed by atoms with Gasteiger partial charge in [-0.3, -0.25) is 0 Å². The Morgan fingerprint density at radius 2 is 2.00 bits per heavy atom. The van der Waals surface area contributed by atoms with Crippen LogP contribution in [0.3, 0.4) is 0 Å². The number of aromatic hydroxyl groups is 1. The molecule has 1 heterocycles. The van der Waals surface area contributed by atoms with Crippen molar-refractivity contribution in [3.05, 3.63) is 39.7 Å². The maximum Gasteiger partial charge on any atom is 0.339 e. The van der Waals surface area contributed by atoms with Gasteiger partial charge in [-0.1, -0.05) is 26.3 Å². The Morgan fingerprint density at radius 1 is 1.24 bits per heavy atom. The highest BCUT2D eigenvalue weighted by atomic mass is 16.4. The van der Waals surface area contributed by atoms with Gasteiger partial charge in [0.2, 0.25) is 0 Å². The van der Waals surface area contributed by atoms with Gasteiger partial charge in [-0.05, 0) is 30.5 Å². The molecule has 0 atom stereocenters. The largest absolute Gasteiger partial charge is 0.507 e. The van der Waals surface area contributed by atoms with Gasteiger partial charge in [0.15, 0.2) is 0 Å². The van der Waals surface area contributed by atoms with Gasteiger partial charge in [0, 0.05) is 5.56 Å². The van der Waals surface area contributed by atoms with Crippen LogP contribution in [0.25, 0.3) is 11.0 Å². The monoisotopic (exact) mass is 232 g/mol. The summed E-state index contributed by atoms with van der Waals surface area (Å²) < 4.78 is 5.25. The summed E-state index contributed by atoms with van der Waals surface area (Å²) in [4.78, 5) is 11.9. The molecule has 0 aliphatic carbocycles. The Kier molecular flexibility index (Phi) is 3.18. The Hall–Kier alpha value is -1.77. The summed E-state index contributed by atoms with van der Waals surface area (Å²) >= 11 is 0. The van der Waals surface area contributed by atoms with E-state index >= 15 is 0 Å². The lowest BCUT2D eigenvalue weighted by Crippen LogP contribution is -2.11. The van der Waals surface area contributed by atoms with Crippen molar-refractivity contribution in [2.75, 3.05) is 0 Å². The molecule has 0 saturated heterocycles. The van der Waals surface area contributed by atoms with Gasteiger partial charge in [0.25, 0.3) is 0 Å². The highest BCUT2D eigenvalue weighted by Crippen LogP contribution is 2.29. The van der Waals surface area contributed by atoms with Crippen molar-refractivity contribution in [1.82, 2.24) is 0 Å². The van der Waals surface area contributed by atoms with Gasteiger partial charge in [-0.15, -0.1) is 0 Å². The lowest BCUT2D eigenvalue weighted by molar-refractivity contribution is 0.477. The summed E-state index contributed by atoms with van der Waals surface area (Å²) in [6.45, 7) is 4.01. The topological polar surface area (TPSA) is 50.4 Å². The van der Waals surface area contributed by atoms with Crippen molar-refractivity contribution in [2.24, 2.45) is 0 Å². The molecule has 2 rings (SSSR count). The molecule has 0 radical (unpaired) electrons. The third kappa shape index (κ3) is 1.93. The summed E-state index contributed by atoms with van der Waals surface area (Å²) in [6, 6.07) is 5.02. The van der Waals surface area contributed by atoms with E-state index in [1.807, 2.05) is 13.8 Å². The molecule has 0 amide bonds. The second-order valence-corrected chi connectivity index (χ2v) is 4.10. The fraction of sp³-hybridized carbons (Fsp3) is 0.357. The average molecular weight is 232 g/mol. The maximum absolute atomic E-state index is 11.9. The van der Waals surface area contributed by atoms with Crippen LogP contribution in [-0.4, -0.2) is 5.11 Å². The van der Waals surface area contributed by atoms with Crippen LogP contribution < -0.4 is 5.63 Å². The minimum absolute atomic E-state index is 0.181. The predicted molar refractivity (Wildman–Crippen MR) is 67.5 cm³/mol. The van der Waals surface area contributed by atoms with E-state index in [0.29, 0.717) is 23.0 Å². The lowest BCUT2D eigenvalue weighted by atomic mass is 9.99. The molecule has 1 N–H and O–H groups in total. The first-order chi connectivity index (χ1) is 8.19. The zero-order valence-corrected chi connectivity index (χ0v) is 10.1. The summed E-state index contributed by atoms with van der Waals surface area (Å²) in [5, 5.41) is 10.6. The number of phenols is 1. The zero-order chi connectivity index (χ0) is 12.4. The molecule has 0 unspecified atom stereocenters. The number of aryl methyl sites for hydroxylation is 1. The molecule has 0 fully saturated rings. The highest BCUT2D eigenvalue weighted by molar-refractivity contribution is 5.87. The molecule has 3 nitrogen and oxygen atoms in total. The van der Waals surface area contributed by atoms with E-state index in [9.17, 15) is 9.90 Å². The van der Waals surface area contributed by atoms with Crippen molar-refractivity contribution in [2.45, 2.75) is 33.1 Å². The summed E-state index contributed by atoms with van der Waals surface area (Å²) in [6.07, 6.45) is 2.29. The molecule has 90 valence electrons. The lowest BCUT2D eigenvalue weighted by Gasteiger charge is -2.10. The molecule has 0 aliphatic rings. The number of phenolic OH excluding ortho intramolecular Hbond substituents is 1. The van der Waals surface area contributed by atoms with E-state index in [1.165, 1.54) is 0 Å². The van der Waals surface area contributed by atoms with E-state index in [-0.39, 0.29) is 11.4 Å². The fourth-order valence-electron chi connectivity index (χ4n) is 2.24. The van der Waals surface area contributed by atoms with Crippen molar-refractivity contribution < 1.29 is 9.52 Å². The molecular formula is C14H16O3. The Bertz CT molecular complexity index is 596. The van der Waals surface area contributed by atoms with Crippen LogP contribution in [0, 0.1) is 0 Å². The van der Waals surface area contributed by atoms with E-state index in [4.69, 9.17) is 4.42 Å². The van der Waals surface area contributed by atoms with Gasteiger partial charge in [0.1, 0.15) is 11.3 Å². The van der Waals surface area contributed by atoms with Crippen LogP contribution in [-0.2, 0) is 12.8 Å². The van der Waals surface area contributed by atoms with Gasteiger partial charge in [0.05, 0.1) is 5.39 Å². The Balaban J connectivity index is 2.87. The molecule has 0 bridgehead atoms. The van der Waals surface area contributed by atoms with Crippen LogP contribution in [0.4, 0.5) is 0 Å². The van der Waals surface area contributed by atoms with Crippen LogP contribution >= 0.6 is 0 Å². The maximum atomic E-state index is 11.9. The Morgan fingerprint density at radius 3 is 2.65 bits per heavy atom. The minimum atomic E-state index is -0.276. The van der Waals surface area contributed by atoms with Crippen LogP contribution in [0.2, 0.25) is 0 Å². The third-order valence-electron chi connectivity index (χ3n) is 2.97. The van der Waals surface area contributed by atoms with E-state index in [0.717, 1.165) is 18.4 Å². The van der Waals surface area contributed by atoms with Crippen molar-refractivity contribution in [3.63, 3.8) is 0 Å². The second-order valence-electron chi connectivity index (χ2n) is 4.10. The number of hydrogen-bond donors (Lipinski definition) is 1. The van der Waals surface area contributed by atoms with Gasteiger partial charge in [-0.2, -0.15) is 0 Å². The van der Waals surface area contributed by atoms with Crippen LogP contribution in [0.1, 0.15) is 31.4 Å². The quantitative estimate of drug-likeness (QED) is 0.827. The average Bonchev–Trinajstić information content (AvgIpc) is 2.31. The van der Waals surface area contributed by atoms with Crippen LogP contribution in [0.15, 0.2) is 27.4 Å². The van der Waals surface area contributed by atoms with Crippen LogP contribution in [0.5, 0.6) is 5.75 Å². The molecule has 1 aromatic carbocycles. The zero-order valence-electron chi connectivity index (χ0n) is 10.1. The molecular weight excluding hydrogens is 216 g/mol. The molecule has 1 aromatic heterocycles. The van der Waals surface area contributed by atoms with E-state index < -0.39 is 0 Å². The smallest absolute Gasteiger partial charge is 0.339 e. The van der Waals surface area contributed by atoms with E-state index in [2.05, 4.69) is 0 Å². The van der Waals surface area contributed by atoms with Gasteiger partial charge in [-0.25, -0.2) is 4.79 Å². The first kappa shape index (κ1) is 11.7.